The van der Waals surface area contributed by atoms with Crippen molar-refractivity contribution in [3.8, 4) is 5.75 Å². The van der Waals surface area contributed by atoms with Crippen molar-refractivity contribution in [3.05, 3.63) is 51.2 Å². The highest BCUT2D eigenvalue weighted by Crippen LogP contribution is 2.24. The minimum absolute atomic E-state index is 0.0214. The zero-order valence-electron chi connectivity index (χ0n) is 15.8. The van der Waals surface area contributed by atoms with Crippen LogP contribution in [-0.2, 0) is 21.2 Å². The van der Waals surface area contributed by atoms with E-state index in [1.54, 1.807) is 22.3 Å². The van der Waals surface area contributed by atoms with Crippen molar-refractivity contribution in [2.24, 2.45) is 0 Å². The van der Waals surface area contributed by atoms with Gasteiger partial charge >= 0.3 is 0 Å². The largest absolute Gasteiger partial charge is 0.493 e. The average molecular weight is 442 g/mol. The third-order valence-corrected chi connectivity index (χ3v) is 7.65. The smallest absolute Gasteiger partial charge is 0.223 e. The quantitative estimate of drug-likeness (QED) is 0.579. The van der Waals surface area contributed by atoms with Crippen LogP contribution in [0.2, 0.25) is 5.02 Å². The summed E-state index contributed by atoms with van der Waals surface area (Å²) < 4.78 is 29.5. The summed E-state index contributed by atoms with van der Waals surface area (Å²) in [6, 6.07) is 9.12. The molecule has 1 amide bonds. The number of carbonyl (C=O) groups excluding carboxylic acids is 1. The van der Waals surface area contributed by atoms with Gasteiger partial charge in [-0.05, 0) is 55.0 Å². The number of ether oxygens (including phenoxy) is 1. The number of hydrogen-bond acceptors (Lipinski definition) is 5. The number of rotatable bonds is 8. The maximum atomic E-state index is 12.9. The Balaban J connectivity index is 1.56. The van der Waals surface area contributed by atoms with E-state index in [2.05, 4.69) is 0 Å². The predicted molar refractivity (Wildman–Crippen MR) is 113 cm³/mol. The molecule has 3 rings (SSSR count). The Morgan fingerprint density at radius 1 is 1.36 bits per heavy atom. The van der Waals surface area contributed by atoms with Crippen molar-refractivity contribution >= 4 is 38.7 Å². The molecule has 0 radical (unpaired) electrons. The molecule has 1 aliphatic heterocycles. The van der Waals surface area contributed by atoms with E-state index < -0.39 is 9.84 Å². The van der Waals surface area contributed by atoms with Crippen LogP contribution in [0.15, 0.2) is 35.7 Å². The van der Waals surface area contributed by atoms with Gasteiger partial charge in [-0.1, -0.05) is 17.7 Å². The van der Waals surface area contributed by atoms with Crippen molar-refractivity contribution in [3.63, 3.8) is 0 Å². The number of aryl methyl sites for hydroxylation is 1. The summed E-state index contributed by atoms with van der Waals surface area (Å²) >= 11 is 7.52. The molecule has 0 saturated carbocycles. The molecule has 1 saturated heterocycles. The van der Waals surface area contributed by atoms with Gasteiger partial charge in [-0.25, -0.2) is 8.42 Å². The highest BCUT2D eigenvalue weighted by molar-refractivity contribution is 7.91. The van der Waals surface area contributed by atoms with E-state index in [1.165, 1.54) is 0 Å². The van der Waals surface area contributed by atoms with Gasteiger partial charge in [0, 0.05) is 22.4 Å². The standard InChI is InChI=1S/C20H24ClNO4S2/c1-15-12-16(21)6-7-19(15)26-9-2-5-20(23)22(13-18-4-3-10-27-18)17-8-11-28(24,25)14-17/h3-4,6-7,10,12,17H,2,5,8-9,11,13-14H2,1H3/t17-/m0/s1. The first-order valence-electron chi connectivity index (χ1n) is 9.25. The average Bonchev–Trinajstić information content (AvgIpc) is 3.27. The summed E-state index contributed by atoms with van der Waals surface area (Å²) in [5.74, 6) is 0.955. The highest BCUT2D eigenvalue weighted by Gasteiger charge is 2.34. The minimum Gasteiger partial charge on any atom is -0.493 e. The molecule has 0 bridgehead atoms. The molecule has 0 unspecified atom stereocenters. The van der Waals surface area contributed by atoms with E-state index in [0.29, 0.717) is 37.4 Å². The van der Waals surface area contributed by atoms with Crippen LogP contribution in [0.1, 0.15) is 29.7 Å². The van der Waals surface area contributed by atoms with Crippen molar-refractivity contribution < 1.29 is 17.9 Å². The van der Waals surface area contributed by atoms with Crippen LogP contribution < -0.4 is 4.74 Å². The second kappa shape index (κ2) is 9.29. The van der Waals surface area contributed by atoms with Crippen LogP contribution in [0.4, 0.5) is 0 Å². The number of hydrogen-bond donors (Lipinski definition) is 0. The molecule has 5 nitrogen and oxygen atoms in total. The van der Waals surface area contributed by atoms with E-state index in [9.17, 15) is 13.2 Å². The van der Waals surface area contributed by atoms with Crippen molar-refractivity contribution in [1.82, 2.24) is 4.90 Å². The Hall–Kier alpha value is -1.57. The number of nitrogens with zero attached hydrogens (tertiary/aromatic N) is 1. The van der Waals surface area contributed by atoms with Gasteiger partial charge in [0.2, 0.25) is 5.91 Å². The molecule has 0 aliphatic carbocycles. The minimum atomic E-state index is -3.05. The molecule has 2 heterocycles. The zero-order valence-corrected chi connectivity index (χ0v) is 18.2. The van der Waals surface area contributed by atoms with E-state index in [1.807, 2.05) is 36.6 Å². The molecule has 8 heteroatoms. The van der Waals surface area contributed by atoms with Crippen LogP contribution in [-0.4, -0.2) is 43.4 Å². The van der Waals surface area contributed by atoms with Crippen LogP contribution in [0.5, 0.6) is 5.75 Å². The number of thiophene rings is 1. The van der Waals surface area contributed by atoms with Crippen molar-refractivity contribution in [1.29, 1.82) is 0 Å². The van der Waals surface area contributed by atoms with Crippen LogP contribution >= 0.6 is 22.9 Å². The Bertz CT molecular complexity index is 912. The highest BCUT2D eigenvalue weighted by atomic mass is 35.5. The monoisotopic (exact) mass is 441 g/mol. The van der Waals surface area contributed by atoms with Gasteiger partial charge in [0.05, 0.1) is 24.7 Å². The molecule has 1 atom stereocenters. The molecule has 152 valence electrons. The van der Waals surface area contributed by atoms with Gasteiger partial charge in [0.25, 0.3) is 0 Å². The SMILES string of the molecule is Cc1cc(Cl)ccc1OCCCC(=O)N(Cc1cccs1)[C@H]1CCS(=O)(=O)C1. The Kier molecular flexibility index (Phi) is 7.01. The van der Waals surface area contributed by atoms with Crippen LogP contribution in [0.3, 0.4) is 0 Å². The molecule has 1 aliphatic rings. The molecule has 28 heavy (non-hydrogen) atoms. The van der Waals surface area contributed by atoms with Gasteiger partial charge in [-0.2, -0.15) is 0 Å². The van der Waals surface area contributed by atoms with Gasteiger partial charge in [-0.15, -0.1) is 11.3 Å². The molecule has 1 fully saturated rings. The summed E-state index contributed by atoms with van der Waals surface area (Å²) in [6.45, 7) is 2.81. The summed E-state index contributed by atoms with van der Waals surface area (Å²) in [4.78, 5) is 15.7. The van der Waals surface area contributed by atoms with Gasteiger partial charge in [0.15, 0.2) is 9.84 Å². The zero-order chi connectivity index (χ0) is 20.1. The third-order valence-electron chi connectivity index (χ3n) is 4.81. The van der Waals surface area contributed by atoms with Gasteiger partial charge < -0.3 is 9.64 Å². The fourth-order valence-electron chi connectivity index (χ4n) is 3.34. The fraction of sp³-hybridized carbons (Fsp3) is 0.450. The third kappa shape index (κ3) is 5.72. The molecule has 0 N–H and O–H groups in total. The first-order chi connectivity index (χ1) is 13.3. The number of carbonyl (C=O) groups is 1. The maximum Gasteiger partial charge on any atom is 0.223 e. The molecule has 1 aromatic heterocycles. The number of benzene rings is 1. The van der Waals surface area contributed by atoms with Gasteiger partial charge in [-0.3, -0.25) is 4.79 Å². The lowest BCUT2D eigenvalue weighted by Crippen LogP contribution is -2.40. The molecular weight excluding hydrogens is 418 g/mol. The maximum absolute atomic E-state index is 12.9. The first kappa shape index (κ1) is 21.1. The Morgan fingerprint density at radius 3 is 2.82 bits per heavy atom. The lowest BCUT2D eigenvalue weighted by molar-refractivity contribution is -0.134. The Labute approximate surface area is 175 Å². The predicted octanol–water partition coefficient (Wildman–Crippen LogP) is 4.08. The lowest BCUT2D eigenvalue weighted by atomic mass is 10.2. The van der Waals surface area contributed by atoms with E-state index in [-0.39, 0.29) is 23.5 Å². The van der Waals surface area contributed by atoms with Crippen LogP contribution in [0, 0.1) is 6.92 Å². The van der Waals surface area contributed by atoms with Crippen molar-refractivity contribution in [2.75, 3.05) is 18.1 Å². The summed E-state index contributed by atoms with van der Waals surface area (Å²) in [7, 11) is -3.05. The second-order valence-electron chi connectivity index (χ2n) is 7.02. The summed E-state index contributed by atoms with van der Waals surface area (Å²) in [6.07, 6.45) is 1.41. The summed E-state index contributed by atoms with van der Waals surface area (Å²) in [5, 5.41) is 2.63. The van der Waals surface area contributed by atoms with Gasteiger partial charge in [0.1, 0.15) is 5.75 Å². The van der Waals surface area contributed by atoms with E-state index >= 15 is 0 Å². The fourth-order valence-corrected chi connectivity index (χ4v) is 6.00. The normalized spacial score (nSPS) is 18.1. The number of halogens is 1. The second-order valence-corrected chi connectivity index (χ2v) is 10.7. The Morgan fingerprint density at radius 2 is 2.18 bits per heavy atom. The van der Waals surface area contributed by atoms with Crippen LogP contribution in [0.25, 0.3) is 0 Å². The van der Waals surface area contributed by atoms with E-state index in [0.717, 1.165) is 16.2 Å². The lowest BCUT2D eigenvalue weighted by Gasteiger charge is -2.28. The molecule has 2 aromatic rings. The molecular formula is C20H24ClNO4S2. The van der Waals surface area contributed by atoms with E-state index in [4.69, 9.17) is 16.3 Å². The molecule has 1 aromatic carbocycles. The first-order valence-corrected chi connectivity index (χ1v) is 12.3. The topological polar surface area (TPSA) is 63.7 Å². The molecule has 0 spiro atoms. The number of amides is 1. The van der Waals surface area contributed by atoms with Crippen molar-refractivity contribution in [2.45, 2.75) is 38.8 Å². The summed E-state index contributed by atoms with van der Waals surface area (Å²) in [5.41, 5.74) is 0.953. The number of sulfone groups is 1.